The molecule has 1 aliphatic rings. The smallest absolute Gasteiger partial charge is 0.0110 e. The van der Waals surface area contributed by atoms with Crippen molar-refractivity contribution < 1.29 is 0 Å². The van der Waals surface area contributed by atoms with E-state index in [1.165, 1.54) is 51.7 Å². The number of nitrogens with one attached hydrogen (secondary N) is 1. The normalized spacial score (nSPS) is 20.0. The van der Waals surface area contributed by atoms with E-state index in [4.69, 9.17) is 0 Å². The van der Waals surface area contributed by atoms with Crippen LogP contribution in [0.25, 0.3) is 0 Å². The van der Waals surface area contributed by atoms with E-state index in [0.717, 1.165) is 12.1 Å². The average Bonchev–Trinajstić information content (AvgIpc) is 2.76. The van der Waals surface area contributed by atoms with Gasteiger partial charge < -0.3 is 5.32 Å². The lowest BCUT2D eigenvalue weighted by Gasteiger charge is -2.27. The molecule has 1 N–H and O–H groups in total. The van der Waals surface area contributed by atoms with E-state index in [-0.39, 0.29) is 0 Å². The molecule has 0 bridgehead atoms. The molecule has 15 heavy (non-hydrogen) atoms. The minimum Gasteiger partial charge on any atom is -0.313 e. The quantitative estimate of drug-likeness (QED) is 0.698. The molecular weight excluding hydrogens is 184 g/mol. The number of rotatable bonds is 7. The largest absolute Gasteiger partial charge is 0.313 e. The molecule has 0 aromatic heterocycles. The van der Waals surface area contributed by atoms with Gasteiger partial charge in [0.25, 0.3) is 0 Å². The van der Waals surface area contributed by atoms with E-state index < -0.39 is 0 Å². The highest BCUT2D eigenvalue weighted by molar-refractivity contribution is 4.74. The Balaban J connectivity index is 2.10. The van der Waals surface area contributed by atoms with Crippen molar-refractivity contribution in [3.63, 3.8) is 0 Å². The summed E-state index contributed by atoms with van der Waals surface area (Å²) < 4.78 is 0. The van der Waals surface area contributed by atoms with Gasteiger partial charge in [-0.05, 0) is 32.7 Å². The second kappa shape index (κ2) is 7.24. The zero-order chi connectivity index (χ0) is 11.1. The van der Waals surface area contributed by atoms with Gasteiger partial charge in [0.2, 0.25) is 0 Å². The molecule has 2 heteroatoms. The number of hydrogen-bond donors (Lipinski definition) is 1. The van der Waals surface area contributed by atoms with Crippen LogP contribution in [0.5, 0.6) is 0 Å². The SMILES string of the molecule is CCC(C)N(CC)CCNC1CCCC1. The molecule has 0 aliphatic heterocycles. The van der Waals surface area contributed by atoms with Gasteiger partial charge in [-0.25, -0.2) is 0 Å². The summed E-state index contributed by atoms with van der Waals surface area (Å²) in [5.74, 6) is 0. The Morgan fingerprint density at radius 3 is 2.47 bits per heavy atom. The van der Waals surface area contributed by atoms with Crippen LogP contribution < -0.4 is 5.32 Å². The Morgan fingerprint density at radius 2 is 1.93 bits per heavy atom. The van der Waals surface area contributed by atoms with Gasteiger partial charge in [-0.3, -0.25) is 4.90 Å². The van der Waals surface area contributed by atoms with Gasteiger partial charge in [-0.15, -0.1) is 0 Å². The van der Waals surface area contributed by atoms with E-state index in [1.807, 2.05) is 0 Å². The Morgan fingerprint density at radius 1 is 1.27 bits per heavy atom. The molecule has 1 saturated carbocycles. The third kappa shape index (κ3) is 4.52. The van der Waals surface area contributed by atoms with Gasteiger partial charge in [0.15, 0.2) is 0 Å². The Bertz CT molecular complexity index is 153. The molecule has 0 saturated heterocycles. The fraction of sp³-hybridized carbons (Fsp3) is 1.00. The topological polar surface area (TPSA) is 15.3 Å². The van der Waals surface area contributed by atoms with Crippen molar-refractivity contribution in [2.75, 3.05) is 19.6 Å². The highest BCUT2D eigenvalue weighted by Gasteiger charge is 2.15. The van der Waals surface area contributed by atoms with Crippen molar-refractivity contribution in [1.29, 1.82) is 0 Å². The van der Waals surface area contributed by atoms with Gasteiger partial charge in [0, 0.05) is 25.2 Å². The summed E-state index contributed by atoms with van der Waals surface area (Å²) >= 11 is 0. The Hall–Kier alpha value is -0.0800. The van der Waals surface area contributed by atoms with Crippen molar-refractivity contribution in [1.82, 2.24) is 10.2 Å². The average molecular weight is 212 g/mol. The van der Waals surface area contributed by atoms with Crippen LogP contribution >= 0.6 is 0 Å². The van der Waals surface area contributed by atoms with Crippen molar-refractivity contribution in [2.45, 2.75) is 65.0 Å². The summed E-state index contributed by atoms with van der Waals surface area (Å²) in [7, 11) is 0. The summed E-state index contributed by atoms with van der Waals surface area (Å²) in [4.78, 5) is 2.57. The fourth-order valence-electron chi connectivity index (χ4n) is 2.49. The fourth-order valence-corrected chi connectivity index (χ4v) is 2.49. The first-order valence-electron chi connectivity index (χ1n) is 6.75. The van der Waals surface area contributed by atoms with Crippen LogP contribution in [0.15, 0.2) is 0 Å². The lowest BCUT2D eigenvalue weighted by atomic mass is 10.2. The van der Waals surface area contributed by atoms with Crippen LogP contribution in [0.1, 0.15) is 52.9 Å². The summed E-state index contributed by atoms with van der Waals surface area (Å²) in [6, 6.07) is 1.56. The number of nitrogens with zero attached hydrogens (tertiary/aromatic N) is 1. The van der Waals surface area contributed by atoms with Crippen LogP contribution in [-0.2, 0) is 0 Å². The third-order valence-corrected chi connectivity index (χ3v) is 3.81. The maximum absolute atomic E-state index is 3.68. The van der Waals surface area contributed by atoms with Crippen molar-refractivity contribution >= 4 is 0 Å². The Labute approximate surface area is 95.4 Å². The molecule has 0 spiro atoms. The lowest BCUT2D eigenvalue weighted by molar-refractivity contribution is 0.212. The van der Waals surface area contributed by atoms with Crippen LogP contribution in [-0.4, -0.2) is 36.6 Å². The summed E-state index contributed by atoms with van der Waals surface area (Å²) in [5.41, 5.74) is 0. The van der Waals surface area contributed by atoms with Crippen LogP contribution in [0.3, 0.4) is 0 Å². The molecule has 90 valence electrons. The maximum Gasteiger partial charge on any atom is 0.0110 e. The molecule has 0 radical (unpaired) electrons. The molecule has 1 rings (SSSR count). The van der Waals surface area contributed by atoms with E-state index in [9.17, 15) is 0 Å². The van der Waals surface area contributed by atoms with Gasteiger partial charge >= 0.3 is 0 Å². The molecule has 1 fully saturated rings. The van der Waals surface area contributed by atoms with E-state index in [1.54, 1.807) is 0 Å². The van der Waals surface area contributed by atoms with Crippen molar-refractivity contribution in [2.24, 2.45) is 0 Å². The van der Waals surface area contributed by atoms with Crippen molar-refractivity contribution in [3.8, 4) is 0 Å². The van der Waals surface area contributed by atoms with E-state index in [2.05, 4.69) is 31.0 Å². The maximum atomic E-state index is 3.68. The van der Waals surface area contributed by atoms with Gasteiger partial charge in [0.05, 0.1) is 0 Å². The molecule has 0 aromatic carbocycles. The molecule has 0 heterocycles. The van der Waals surface area contributed by atoms with E-state index >= 15 is 0 Å². The molecule has 1 aliphatic carbocycles. The van der Waals surface area contributed by atoms with Crippen molar-refractivity contribution in [3.05, 3.63) is 0 Å². The minimum atomic E-state index is 0.736. The van der Waals surface area contributed by atoms with Crippen LogP contribution in [0.4, 0.5) is 0 Å². The summed E-state index contributed by atoms with van der Waals surface area (Å²) in [6.07, 6.45) is 6.92. The zero-order valence-electron chi connectivity index (χ0n) is 10.8. The zero-order valence-corrected chi connectivity index (χ0v) is 10.8. The lowest BCUT2D eigenvalue weighted by Crippen LogP contribution is -2.40. The first-order valence-corrected chi connectivity index (χ1v) is 6.75. The summed E-state index contributed by atoms with van der Waals surface area (Å²) in [6.45, 7) is 10.4. The minimum absolute atomic E-state index is 0.736. The van der Waals surface area contributed by atoms with Crippen LogP contribution in [0.2, 0.25) is 0 Å². The second-order valence-electron chi connectivity index (χ2n) is 4.82. The molecule has 1 unspecified atom stereocenters. The van der Waals surface area contributed by atoms with Crippen LogP contribution in [0, 0.1) is 0 Å². The third-order valence-electron chi connectivity index (χ3n) is 3.81. The Kier molecular flexibility index (Phi) is 6.26. The molecule has 0 aromatic rings. The number of likely N-dealkylation sites (N-methyl/N-ethyl adjacent to an activating group) is 1. The van der Waals surface area contributed by atoms with Gasteiger partial charge in [0.1, 0.15) is 0 Å². The van der Waals surface area contributed by atoms with Gasteiger partial charge in [-0.1, -0.05) is 26.7 Å². The highest BCUT2D eigenvalue weighted by atomic mass is 15.2. The second-order valence-corrected chi connectivity index (χ2v) is 4.82. The highest BCUT2D eigenvalue weighted by Crippen LogP contribution is 2.17. The van der Waals surface area contributed by atoms with Gasteiger partial charge in [-0.2, -0.15) is 0 Å². The number of hydrogen-bond acceptors (Lipinski definition) is 2. The molecule has 1 atom stereocenters. The molecule has 0 amide bonds. The molecule has 2 nitrogen and oxygen atoms in total. The standard InChI is InChI=1S/C13H28N2/c1-4-12(3)15(5-2)11-10-14-13-8-6-7-9-13/h12-14H,4-11H2,1-3H3. The first-order chi connectivity index (χ1) is 7.27. The predicted octanol–water partition coefficient (Wildman–Crippen LogP) is 2.64. The first kappa shape index (κ1) is 13.0. The van der Waals surface area contributed by atoms with E-state index in [0.29, 0.717) is 0 Å². The monoisotopic (exact) mass is 212 g/mol. The predicted molar refractivity (Wildman–Crippen MR) is 67.3 cm³/mol. The molecular formula is C13H28N2. The summed E-state index contributed by atoms with van der Waals surface area (Å²) in [5, 5.41) is 3.68.